The van der Waals surface area contributed by atoms with Crippen LogP contribution in [0.15, 0.2) is 12.1 Å². The molecule has 1 aromatic carbocycles. The SMILES string of the molecule is CCCNC(CCc1cc(Cl)cc2c1OCC2)C(C)(C)C. The largest absolute Gasteiger partial charge is 0.493 e. The van der Waals surface area contributed by atoms with Crippen LogP contribution in [0.2, 0.25) is 5.02 Å². The van der Waals surface area contributed by atoms with Gasteiger partial charge in [0.05, 0.1) is 6.61 Å². The Hall–Kier alpha value is -0.730. The van der Waals surface area contributed by atoms with Gasteiger partial charge in [0.1, 0.15) is 5.75 Å². The molecule has 0 saturated heterocycles. The van der Waals surface area contributed by atoms with E-state index in [0.717, 1.165) is 43.2 Å². The smallest absolute Gasteiger partial charge is 0.125 e. The molecule has 118 valence electrons. The number of halogens is 1. The summed E-state index contributed by atoms with van der Waals surface area (Å²) < 4.78 is 5.80. The fourth-order valence-electron chi connectivity index (χ4n) is 2.99. The van der Waals surface area contributed by atoms with Crippen LogP contribution in [0.25, 0.3) is 0 Å². The molecular weight excluding hydrogens is 282 g/mol. The Balaban J connectivity index is 2.07. The molecule has 3 heteroatoms. The molecule has 0 saturated carbocycles. The molecule has 1 atom stereocenters. The van der Waals surface area contributed by atoms with Crippen LogP contribution in [0.1, 0.15) is 51.7 Å². The van der Waals surface area contributed by atoms with E-state index < -0.39 is 0 Å². The number of aryl methyl sites for hydroxylation is 1. The van der Waals surface area contributed by atoms with Crippen LogP contribution in [0.5, 0.6) is 5.75 Å². The van der Waals surface area contributed by atoms with E-state index in [1.165, 1.54) is 17.5 Å². The molecule has 0 amide bonds. The van der Waals surface area contributed by atoms with Crippen LogP contribution in [-0.2, 0) is 12.8 Å². The van der Waals surface area contributed by atoms with E-state index in [1.54, 1.807) is 0 Å². The third kappa shape index (κ3) is 4.37. The van der Waals surface area contributed by atoms with Gasteiger partial charge in [-0.1, -0.05) is 39.3 Å². The Morgan fingerprint density at radius 2 is 2.10 bits per heavy atom. The molecule has 0 aliphatic carbocycles. The number of hydrogen-bond acceptors (Lipinski definition) is 2. The first-order valence-corrected chi connectivity index (χ1v) is 8.47. The third-order valence-electron chi connectivity index (χ3n) is 4.21. The van der Waals surface area contributed by atoms with Crippen LogP contribution in [0.3, 0.4) is 0 Å². The molecule has 0 spiro atoms. The summed E-state index contributed by atoms with van der Waals surface area (Å²) in [6.07, 6.45) is 4.28. The molecule has 1 aliphatic rings. The van der Waals surface area contributed by atoms with Gasteiger partial charge in [-0.25, -0.2) is 0 Å². The molecule has 2 rings (SSSR count). The molecule has 0 aromatic heterocycles. The maximum atomic E-state index is 6.25. The number of hydrogen-bond donors (Lipinski definition) is 1. The van der Waals surface area contributed by atoms with Crippen molar-refractivity contribution in [2.24, 2.45) is 5.41 Å². The molecule has 21 heavy (non-hydrogen) atoms. The standard InChI is InChI=1S/C18H28ClNO/c1-5-9-20-16(18(2,3)4)7-6-13-11-15(19)12-14-8-10-21-17(13)14/h11-12,16,20H,5-10H2,1-4H3. The number of ether oxygens (including phenoxy) is 1. The lowest BCUT2D eigenvalue weighted by Crippen LogP contribution is -2.41. The molecule has 1 N–H and O–H groups in total. The van der Waals surface area contributed by atoms with Crippen LogP contribution >= 0.6 is 11.6 Å². The second-order valence-corrected chi connectivity index (χ2v) is 7.50. The van der Waals surface area contributed by atoms with Crippen molar-refractivity contribution >= 4 is 11.6 Å². The van der Waals surface area contributed by atoms with Gasteiger partial charge >= 0.3 is 0 Å². The Morgan fingerprint density at radius 1 is 1.33 bits per heavy atom. The van der Waals surface area contributed by atoms with Crippen molar-refractivity contribution in [3.8, 4) is 5.75 Å². The molecule has 2 nitrogen and oxygen atoms in total. The highest BCUT2D eigenvalue weighted by molar-refractivity contribution is 6.30. The van der Waals surface area contributed by atoms with Gasteiger partial charge in [0.2, 0.25) is 0 Å². The summed E-state index contributed by atoms with van der Waals surface area (Å²) in [5.74, 6) is 1.09. The van der Waals surface area contributed by atoms with Crippen molar-refractivity contribution in [3.05, 3.63) is 28.3 Å². The Bertz CT molecular complexity index is 479. The average Bonchev–Trinajstić information content (AvgIpc) is 2.84. The Kier molecular flexibility index (Phi) is 5.56. The molecule has 0 bridgehead atoms. The number of rotatable bonds is 6. The molecule has 1 aliphatic heterocycles. The van der Waals surface area contributed by atoms with Gasteiger partial charge in [-0.2, -0.15) is 0 Å². The van der Waals surface area contributed by atoms with E-state index >= 15 is 0 Å². The summed E-state index contributed by atoms with van der Waals surface area (Å²) in [5, 5.41) is 4.52. The topological polar surface area (TPSA) is 21.3 Å². The Labute approximate surface area is 134 Å². The summed E-state index contributed by atoms with van der Waals surface area (Å²) in [6, 6.07) is 4.63. The highest BCUT2D eigenvalue weighted by atomic mass is 35.5. The fraction of sp³-hybridized carbons (Fsp3) is 0.667. The highest BCUT2D eigenvalue weighted by Crippen LogP contribution is 2.34. The fourth-order valence-corrected chi connectivity index (χ4v) is 3.25. The quantitative estimate of drug-likeness (QED) is 0.827. The van der Waals surface area contributed by atoms with E-state index in [-0.39, 0.29) is 5.41 Å². The zero-order valence-corrected chi connectivity index (χ0v) is 14.5. The number of benzene rings is 1. The van der Waals surface area contributed by atoms with E-state index in [0.29, 0.717) is 6.04 Å². The molecule has 1 aromatic rings. The second kappa shape index (κ2) is 7.02. The van der Waals surface area contributed by atoms with E-state index in [9.17, 15) is 0 Å². The summed E-state index contributed by atoms with van der Waals surface area (Å²) >= 11 is 6.25. The maximum absolute atomic E-state index is 6.25. The normalized spacial score (nSPS) is 15.7. The summed E-state index contributed by atoms with van der Waals surface area (Å²) in [5.41, 5.74) is 2.80. The van der Waals surface area contributed by atoms with Gasteiger partial charge < -0.3 is 10.1 Å². The lowest BCUT2D eigenvalue weighted by atomic mass is 9.83. The zero-order chi connectivity index (χ0) is 15.5. The van der Waals surface area contributed by atoms with E-state index in [1.807, 2.05) is 6.07 Å². The minimum atomic E-state index is 0.262. The van der Waals surface area contributed by atoms with Crippen molar-refractivity contribution in [1.29, 1.82) is 0 Å². The molecule has 1 heterocycles. The molecule has 1 unspecified atom stereocenters. The van der Waals surface area contributed by atoms with Gasteiger partial charge in [-0.05, 0) is 54.5 Å². The number of fused-ring (bicyclic) bond motifs is 1. The van der Waals surface area contributed by atoms with Crippen LogP contribution in [-0.4, -0.2) is 19.2 Å². The van der Waals surface area contributed by atoms with E-state index in [4.69, 9.17) is 16.3 Å². The first-order chi connectivity index (χ1) is 9.91. The second-order valence-electron chi connectivity index (χ2n) is 7.06. The van der Waals surface area contributed by atoms with Crippen molar-refractivity contribution < 1.29 is 4.74 Å². The highest BCUT2D eigenvalue weighted by Gasteiger charge is 2.25. The summed E-state index contributed by atoms with van der Waals surface area (Å²) in [7, 11) is 0. The average molecular weight is 310 g/mol. The summed E-state index contributed by atoms with van der Waals surface area (Å²) in [6.45, 7) is 11.0. The third-order valence-corrected chi connectivity index (χ3v) is 4.43. The van der Waals surface area contributed by atoms with Gasteiger partial charge in [0, 0.05) is 17.5 Å². The van der Waals surface area contributed by atoms with Crippen molar-refractivity contribution in [2.75, 3.05) is 13.2 Å². The van der Waals surface area contributed by atoms with Crippen molar-refractivity contribution in [3.63, 3.8) is 0 Å². The van der Waals surface area contributed by atoms with Crippen LogP contribution in [0, 0.1) is 5.41 Å². The molecule has 0 fully saturated rings. The zero-order valence-electron chi connectivity index (χ0n) is 13.8. The van der Waals surface area contributed by atoms with Crippen LogP contribution < -0.4 is 10.1 Å². The predicted octanol–water partition coefficient (Wildman–Crippen LogP) is 4.62. The molecular formula is C18H28ClNO. The van der Waals surface area contributed by atoms with E-state index in [2.05, 4.69) is 39.1 Å². The van der Waals surface area contributed by atoms with Gasteiger partial charge in [-0.3, -0.25) is 0 Å². The first kappa shape index (κ1) is 16.6. The van der Waals surface area contributed by atoms with Gasteiger partial charge in [-0.15, -0.1) is 0 Å². The molecule has 0 radical (unpaired) electrons. The van der Waals surface area contributed by atoms with Gasteiger partial charge in [0.25, 0.3) is 0 Å². The predicted molar refractivity (Wildman–Crippen MR) is 90.5 cm³/mol. The Morgan fingerprint density at radius 3 is 2.76 bits per heavy atom. The van der Waals surface area contributed by atoms with Gasteiger partial charge in [0.15, 0.2) is 0 Å². The van der Waals surface area contributed by atoms with Crippen molar-refractivity contribution in [1.82, 2.24) is 5.32 Å². The lowest BCUT2D eigenvalue weighted by Gasteiger charge is -2.32. The lowest BCUT2D eigenvalue weighted by molar-refractivity contribution is 0.254. The number of nitrogens with one attached hydrogen (secondary N) is 1. The minimum Gasteiger partial charge on any atom is -0.493 e. The monoisotopic (exact) mass is 309 g/mol. The first-order valence-electron chi connectivity index (χ1n) is 8.09. The maximum Gasteiger partial charge on any atom is 0.125 e. The summed E-state index contributed by atoms with van der Waals surface area (Å²) in [4.78, 5) is 0. The minimum absolute atomic E-state index is 0.262. The van der Waals surface area contributed by atoms with Crippen LogP contribution in [0.4, 0.5) is 0 Å². The van der Waals surface area contributed by atoms with Crippen molar-refractivity contribution in [2.45, 2.75) is 59.4 Å².